The zero-order valence-corrected chi connectivity index (χ0v) is 17.4. The lowest BCUT2D eigenvalue weighted by molar-refractivity contribution is 0.0578. The highest BCUT2D eigenvalue weighted by Gasteiger charge is 2.22. The monoisotopic (exact) mass is 421 g/mol. The molecule has 3 heterocycles. The minimum absolute atomic E-state index is 0.221. The molecule has 0 aliphatic heterocycles. The Kier molecular flexibility index (Phi) is 5.07. The van der Waals surface area contributed by atoms with Crippen molar-refractivity contribution in [2.24, 2.45) is 0 Å². The summed E-state index contributed by atoms with van der Waals surface area (Å²) in [5.41, 5.74) is 7.78. The quantitative estimate of drug-likeness (QED) is 0.407. The molecule has 0 saturated heterocycles. The average Bonchev–Trinajstić information content (AvgIpc) is 3.30. The number of rotatable bonds is 6. The molecule has 0 fully saturated rings. The van der Waals surface area contributed by atoms with Crippen LogP contribution in [0.3, 0.4) is 0 Å². The van der Waals surface area contributed by atoms with E-state index < -0.39 is 5.60 Å². The number of nitrogens with two attached hydrogens (primary N) is 1. The first-order chi connectivity index (χ1) is 14.7. The predicted octanol–water partition coefficient (Wildman–Crippen LogP) is 2.21. The SMILES string of the molecule is COc1ccc(N)cc1-c1nn(CC(C)(C)O)cc1NC(=O)c1cnn2cccnc12. The molecule has 1 aromatic carbocycles. The van der Waals surface area contributed by atoms with Crippen molar-refractivity contribution in [2.45, 2.75) is 26.0 Å². The molecule has 0 unspecified atom stereocenters. The molecule has 0 atom stereocenters. The molecule has 4 aromatic rings. The van der Waals surface area contributed by atoms with Crippen molar-refractivity contribution in [2.75, 3.05) is 18.2 Å². The Labute approximate surface area is 178 Å². The van der Waals surface area contributed by atoms with E-state index in [2.05, 4.69) is 20.5 Å². The molecule has 160 valence electrons. The Balaban J connectivity index is 1.77. The summed E-state index contributed by atoms with van der Waals surface area (Å²) < 4.78 is 8.56. The third kappa shape index (κ3) is 4.19. The molecule has 1 amide bonds. The first-order valence-electron chi connectivity index (χ1n) is 9.58. The molecule has 3 aromatic heterocycles. The van der Waals surface area contributed by atoms with E-state index in [1.165, 1.54) is 10.7 Å². The number of nitrogen functional groups attached to an aromatic ring is 1. The third-order valence-corrected chi connectivity index (χ3v) is 4.56. The molecule has 4 N–H and O–H groups in total. The maximum absolute atomic E-state index is 13.0. The Hall–Kier alpha value is -3.92. The largest absolute Gasteiger partial charge is 0.496 e. The maximum Gasteiger partial charge on any atom is 0.261 e. The van der Waals surface area contributed by atoms with E-state index in [1.807, 2.05) is 0 Å². The topological polar surface area (TPSA) is 133 Å². The smallest absolute Gasteiger partial charge is 0.261 e. The Morgan fingerprint density at radius 3 is 2.90 bits per heavy atom. The van der Waals surface area contributed by atoms with Crippen molar-refractivity contribution in [1.29, 1.82) is 0 Å². The van der Waals surface area contributed by atoms with E-state index in [4.69, 9.17) is 10.5 Å². The van der Waals surface area contributed by atoms with Crippen molar-refractivity contribution in [3.63, 3.8) is 0 Å². The Bertz CT molecular complexity index is 1250. The van der Waals surface area contributed by atoms with Crippen LogP contribution in [0.15, 0.2) is 49.1 Å². The van der Waals surface area contributed by atoms with E-state index in [1.54, 1.807) is 68.5 Å². The van der Waals surface area contributed by atoms with Crippen LogP contribution in [0.5, 0.6) is 5.75 Å². The van der Waals surface area contributed by atoms with Gasteiger partial charge in [0.05, 0.1) is 31.1 Å². The van der Waals surface area contributed by atoms with Crippen molar-refractivity contribution < 1.29 is 14.6 Å². The van der Waals surface area contributed by atoms with E-state index in [-0.39, 0.29) is 12.5 Å². The van der Waals surface area contributed by atoms with Gasteiger partial charge in [0.1, 0.15) is 17.0 Å². The van der Waals surface area contributed by atoms with Gasteiger partial charge in [-0.05, 0) is 38.1 Å². The van der Waals surface area contributed by atoms with Crippen LogP contribution in [-0.4, -0.2) is 48.1 Å². The van der Waals surface area contributed by atoms with Gasteiger partial charge >= 0.3 is 0 Å². The molecule has 0 radical (unpaired) electrons. The molecular weight excluding hydrogens is 398 g/mol. The van der Waals surface area contributed by atoms with E-state index in [0.717, 1.165) is 0 Å². The number of carbonyl (C=O) groups excluding carboxylic acids is 1. The van der Waals surface area contributed by atoms with Gasteiger partial charge < -0.3 is 20.9 Å². The lowest BCUT2D eigenvalue weighted by atomic mass is 10.1. The molecule has 10 heteroatoms. The summed E-state index contributed by atoms with van der Waals surface area (Å²) in [6.45, 7) is 3.58. The summed E-state index contributed by atoms with van der Waals surface area (Å²) in [7, 11) is 1.55. The molecule has 4 rings (SSSR count). The minimum atomic E-state index is -1.00. The first-order valence-corrected chi connectivity index (χ1v) is 9.58. The number of aromatic nitrogens is 5. The van der Waals surface area contributed by atoms with E-state index in [9.17, 15) is 9.90 Å². The molecular formula is C21H23N7O3. The first kappa shape index (κ1) is 20.4. The van der Waals surface area contributed by atoms with Crippen molar-refractivity contribution in [1.82, 2.24) is 24.4 Å². The summed E-state index contributed by atoms with van der Waals surface area (Å²) in [6.07, 6.45) is 6.42. The second-order valence-electron chi connectivity index (χ2n) is 7.76. The number of nitrogens with one attached hydrogen (secondary N) is 1. The van der Waals surface area contributed by atoms with Crippen LogP contribution < -0.4 is 15.8 Å². The lowest BCUT2D eigenvalue weighted by Crippen LogP contribution is -2.26. The van der Waals surface area contributed by atoms with Crippen molar-refractivity contribution >= 4 is 22.9 Å². The van der Waals surface area contributed by atoms with E-state index >= 15 is 0 Å². The van der Waals surface area contributed by atoms with Gasteiger partial charge in [0.25, 0.3) is 5.91 Å². The van der Waals surface area contributed by atoms with Crippen molar-refractivity contribution in [3.05, 3.63) is 54.6 Å². The van der Waals surface area contributed by atoms with Crippen LogP contribution in [0, 0.1) is 0 Å². The predicted molar refractivity (Wildman–Crippen MR) is 116 cm³/mol. The molecule has 0 aliphatic rings. The number of amides is 1. The zero-order valence-electron chi connectivity index (χ0n) is 17.4. The third-order valence-electron chi connectivity index (χ3n) is 4.56. The number of methoxy groups -OCH3 is 1. The summed E-state index contributed by atoms with van der Waals surface area (Å²) in [5, 5.41) is 21.9. The van der Waals surface area contributed by atoms with Crippen LogP contribution in [0.4, 0.5) is 11.4 Å². The number of fused-ring (bicyclic) bond motifs is 1. The maximum atomic E-state index is 13.0. The van der Waals surface area contributed by atoms with Gasteiger partial charge in [-0.25, -0.2) is 9.50 Å². The van der Waals surface area contributed by atoms with Crippen molar-refractivity contribution in [3.8, 4) is 17.0 Å². The zero-order chi connectivity index (χ0) is 22.2. The molecule has 0 aliphatic carbocycles. The number of aliphatic hydroxyl groups is 1. The van der Waals surface area contributed by atoms with Crippen LogP contribution in [0.2, 0.25) is 0 Å². The highest BCUT2D eigenvalue weighted by Crippen LogP contribution is 2.36. The molecule has 0 spiro atoms. The second kappa shape index (κ2) is 7.73. The number of ether oxygens (including phenoxy) is 1. The standard InChI is InChI=1S/C21H23N7O3/c1-21(2,30)12-27-11-16(18(26-27)14-9-13(22)5-6-17(14)31-3)25-20(29)15-10-24-28-8-4-7-23-19(15)28/h4-11,30H,12,22H2,1-3H3,(H,25,29). The lowest BCUT2D eigenvalue weighted by Gasteiger charge is -2.16. The number of benzene rings is 1. The normalized spacial score (nSPS) is 11.6. The number of nitrogens with zero attached hydrogens (tertiary/aromatic N) is 5. The number of hydrogen-bond acceptors (Lipinski definition) is 7. The molecule has 0 bridgehead atoms. The van der Waals surface area contributed by atoms with E-state index in [0.29, 0.717) is 39.6 Å². The Morgan fingerprint density at radius 2 is 2.16 bits per heavy atom. The van der Waals surface area contributed by atoms with Crippen LogP contribution >= 0.6 is 0 Å². The van der Waals surface area contributed by atoms with Gasteiger partial charge in [-0.3, -0.25) is 9.48 Å². The fourth-order valence-corrected chi connectivity index (χ4v) is 3.28. The van der Waals surface area contributed by atoms with Gasteiger partial charge in [0.2, 0.25) is 0 Å². The van der Waals surface area contributed by atoms with Gasteiger partial charge in [0.15, 0.2) is 5.65 Å². The van der Waals surface area contributed by atoms with Gasteiger partial charge in [-0.2, -0.15) is 10.2 Å². The Morgan fingerprint density at radius 1 is 1.35 bits per heavy atom. The summed E-state index contributed by atoms with van der Waals surface area (Å²) in [6, 6.07) is 6.91. The molecule has 10 nitrogen and oxygen atoms in total. The summed E-state index contributed by atoms with van der Waals surface area (Å²) in [5.74, 6) is 0.163. The summed E-state index contributed by atoms with van der Waals surface area (Å²) in [4.78, 5) is 17.3. The van der Waals surface area contributed by atoms with Gasteiger partial charge in [-0.1, -0.05) is 0 Å². The van der Waals surface area contributed by atoms with Gasteiger partial charge in [0, 0.05) is 29.8 Å². The van der Waals surface area contributed by atoms with Crippen LogP contribution in [0.25, 0.3) is 16.9 Å². The highest BCUT2D eigenvalue weighted by molar-refractivity contribution is 6.09. The summed E-state index contributed by atoms with van der Waals surface area (Å²) >= 11 is 0. The van der Waals surface area contributed by atoms with Gasteiger partial charge in [-0.15, -0.1) is 0 Å². The van der Waals surface area contributed by atoms with Crippen LogP contribution in [0.1, 0.15) is 24.2 Å². The fraction of sp³-hybridized carbons (Fsp3) is 0.238. The highest BCUT2D eigenvalue weighted by atomic mass is 16.5. The molecule has 31 heavy (non-hydrogen) atoms. The minimum Gasteiger partial charge on any atom is -0.496 e. The molecule has 0 saturated carbocycles. The average molecular weight is 421 g/mol. The second-order valence-corrected chi connectivity index (χ2v) is 7.76. The fourth-order valence-electron chi connectivity index (χ4n) is 3.28. The number of anilines is 2. The number of hydrogen-bond donors (Lipinski definition) is 3. The number of carbonyl (C=O) groups is 1. The van der Waals surface area contributed by atoms with Crippen LogP contribution in [-0.2, 0) is 6.54 Å².